The Kier molecular flexibility index (Phi) is 6.10. The minimum atomic E-state index is -2.54. The molecule has 0 aromatic carbocycles. The van der Waals surface area contributed by atoms with Crippen LogP contribution < -0.4 is 0 Å². The van der Waals surface area contributed by atoms with E-state index in [1.54, 1.807) is 0 Å². The van der Waals surface area contributed by atoms with Crippen LogP contribution in [0.4, 0.5) is 8.78 Å². The molecule has 0 saturated heterocycles. The van der Waals surface area contributed by atoms with Gasteiger partial charge in [-0.15, -0.1) is 0 Å². The van der Waals surface area contributed by atoms with Gasteiger partial charge in [0.25, 0.3) is 0 Å². The van der Waals surface area contributed by atoms with E-state index in [2.05, 4.69) is 11.3 Å². The summed E-state index contributed by atoms with van der Waals surface area (Å²) in [7, 11) is 0. The second-order valence-electron chi connectivity index (χ2n) is 2.69. The third kappa shape index (κ3) is 6.25. The van der Waals surface area contributed by atoms with Crippen LogP contribution >= 0.6 is 0 Å². The summed E-state index contributed by atoms with van der Waals surface area (Å²) in [6.07, 6.45) is -1.50. The summed E-state index contributed by atoms with van der Waals surface area (Å²) < 4.78 is 28.2. The lowest BCUT2D eigenvalue weighted by molar-refractivity contribution is -0.139. The standard InChI is InChI=1S/C9H14F2O2/c1-3-4-5-13-9(12)7(2)6-8(10)11/h8H,2-6H2,1H3. The summed E-state index contributed by atoms with van der Waals surface area (Å²) in [4.78, 5) is 10.9. The van der Waals surface area contributed by atoms with Gasteiger partial charge in [-0.25, -0.2) is 13.6 Å². The highest BCUT2D eigenvalue weighted by Gasteiger charge is 2.13. The van der Waals surface area contributed by atoms with Crippen LogP contribution in [-0.2, 0) is 9.53 Å². The van der Waals surface area contributed by atoms with Crippen molar-refractivity contribution in [1.82, 2.24) is 0 Å². The first-order chi connectivity index (χ1) is 6.07. The van der Waals surface area contributed by atoms with E-state index < -0.39 is 18.8 Å². The highest BCUT2D eigenvalue weighted by Crippen LogP contribution is 2.09. The van der Waals surface area contributed by atoms with Crippen molar-refractivity contribution in [3.05, 3.63) is 12.2 Å². The van der Waals surface area contributed by atoms with Gasteiger partial charge in [0.15, 0.2) is 0 Å². The summed E-state index contributed by atoms with van der Waals surface area (Å²) >= 11 is 0. The fourth-order valence-electron chi connectivity index (χ4n) is 0.681. The fraction of sp³-hybridized carbons (Fsp3) is 0.667. The number of hydrogen-bond donors (Lipinski definition) is 0. The summed E-state index contributed by atoms with van der Waals surface area (Å²) in [6.45, 7) is 5.44. The van der Waals surface area contributed by atoms with Crippen molar-refractivity contribution in [1.29, 1.82) is 0 Å². The van der Waals surface area contributed by atoms with Gasteiger partial charge in [-0.1, -0.05) is 19.9 Å². The number of halogens is 2. The summed E-state index contributed by atoms with van der Waals surface area (Å²) in [5.41, 5.74) is -0.161. The monoisotopic (exact) mass is 192 g/mol. The number of esters is 1. The Morgan fingerprint density at radius 3 is 2.62 bits per heavy atom. The van der Waals surface area contributed by atoms with Gasteiger partial charge in [-0.2, -0.15) is 0 Å². The molecule has 0 aliphatic rings. The van der Waals surface area contributed by atoms with E-state index in [0.29, 0.717) is 0 Å². The van der Waals surface area contributed by atoms with Crippen LogP contribution in [0.1, 0.15) is 26.2 Å². The number of unbranched alkanes of at least 4 members (excludes halogenated alkanes) is 1. The van der Waals surface area contributed by atoms with Crippen molar-refractivity contribution < 1.29 is 18.3 Å². The number of hydrogen-bond acceptors (Lipinski definition) is 2. The molecule has 0 fully saturated rings. The first kappa shape index (κ1) is 12.1. The average Bonchev–Trinajstić information content (AvgIpc) is 2.03. The second-order valence-corrected chi connectivity index (χ2v) is 2.69. The Balaban J connectivity index is 3.64. The van der Waals surface area contributed by atoms with Crippen LogP contribution in [0.15, 0.2) is 12.2 Å². The highest BCUT2D eigenvalue weighted by molar-refractivity contribution is 5.87. The molecule has 0 aliphatic heterocycles. The summed E-state index contributed by atoms with van der Waals surface area (Å²) in [5, 5.41) is 0. The van der Waals surface area contributed by atoms with Gasteiger partial charge in [0, 0.05) is 12.0 Å². The fourth-order valence-corrected chi connectivity index (χ4v) is 0.681. The molecule has 76 valence electrons. The topological polar surface area (TPSA) is 26.3 Å². The van der Waals surface area contributed by atoms with E-state index >= 15 is 0 Å². The van der Waals surface area contributed by atoms with Crippen molar-refractivity contribution >= 4 is 5.97 Å². The lowest BCUT2D eigenvalue weighted by Crippen LogP contribution is -2.10. The predicted molar refractivity (Wildman–Crippen MR) is 45.6 cm³/mol. The molecule has 0 spiro atoms. The van der Waals surface area contributed by atoms with Crippen LogP contribution in [-0.4, -0.2) is 19.0 Å². The third-order valence-corrected chi connectivity index (χ3v) is 1.42. The molecule has 0 aromatic rings. The van der Waals surface area contributed by atoms with E-state index in [4.69, 9.17) is 0 Å². The molecule has 0 aliphatic carbocycles. The zero-order valence-electron chi connectivity index (χ0n) is 7.69. The molecule has 13 heavy (non-hydrogen) atoms. The van der Waals surface area contributed by atoms with Crippen LogP contribution in [0, 0.1) is 0 Å². The molecule has 0 radical (unpaired) electrons. The van der Waals surface area contributed by atoms with Gasteiger partial charge in [0.05, 0.1) is 6.61 Å². The third-order valence-electron chi connectivity index (χ3n) is 1.42. The van der Waals surface area contributed by atoms with Crippen LogP contribution in [0.3, 0.4) is 0 Å². The minimum absolute atomic E-state index is 0.161. The molecule has 0 atom stereocenters. The second kappa shape index (κ2) is 6.57. The SMILES string of the molecule is C=C(CC(F)F)C(=O)OCCCC. The van der Waals surface area contributed by atoms with Crippen molar-refractivity contribution in [3.63, 3.8) is 0 Å². The van der Waals surface area contributed by atoms with Gasteiger partial charge in [-0.05, 0) is 6.42 Å². The predicted octanol–water partition coefficient (Wildman–Crippen LogP) is 2.54. The first-order valence-corrected chi connectivity index (χ1v) is 4.21. The number of alkyl halides is 2. The van der Waals surface area contributed by atoms with E-state index in [9.17, 15) is 13.6 Å². The zero-order valence-corrected chi connectivity index (χ0v) is 7.69. The smallest absolute Gasteiger partial charge is 0.333 e. The molecular formula is C9H14F2O2. The molecule has 0 heterocycles. The van der Waals surface area contributed by atoms with E-state index in [0.717, 1.165) is 12.8 Å². The maximum absolute atomic E-state index is 11.8. The molecule has 0 bridgehead atoms. The lowest BCUT2D eigenvalue weighted by atomic mass is 10.2. The van der Waals surface area contributed by atoms with Crippen molar-refractivity contribution in [2.75, 3.05) is 6.61 Å². The van der Waals surface area contributed by atoms with Crippen molar-refractivity contribution in [2.24, 2.45) is 0 Å². The molecule has 0 aromatic heterocycles. The van der Waals surface area contributed by atoms with Crippen LogP contribution in [0.2, 0.25) is 0 Å². The van der Waals surface area contributed by atoms with Gasteiger partial charge < -0.3 is 4.74 Å². The number of carbonyl (C=O) groups excluding carboxylic acids is 1. The maximum Gasteiger partial charge on any atom is 0.333 e. The average molecular weight is 192 g/mol. The largest absolute Gasteiger partial charge is 0.462 e. The minimum Gasteiger partial charge on any atom is -0.462 e. The number of carbonyl (C=O) groups is 1. The summed E-state index contributed by atoms with van der Waals surface area (Å²) in [6, 6.07) is 0. The van der Waals surface area contributed by atoms with Gasteiger partial charge in [0.2, 0.25) is 6.43 Å². The number of rotatable bonds is 6. The maximum atomic E-state index is 11.8. The molecule has 0 amide bonds. The molecule has 0 unspecified atom stereocenters. The summed E-state index contributed by atoms with van der Waals surface area (Å²) in [5.74, 6) is -0.714. The van der Waals surface area contributed by atoms with Gasteiger partial charge in [0.1, 0.15) is 0 Å². The highest BCUT2D eigenvalue weighted by atomic mass is 19.3. The molecule has 0 N–H and O–H groups in total. The van der Waals surface area contributed by atoms with Gasteiger partial charge in [-0.3, -0.25) is 0 Å². The quantitative estimate of drug-likeness (QED) is 0.367. The van der Waals surface area contributed by atoms with Crippen LogP contribution in [0.5, 0.6) is 0 Å². The van der Waals surface area contributed by atoms with Crippen molar-refractivity contribution in [3.8, 4) is 0 Å². The van der Waals surface area contributed by atoms with Crippen LogP contribution in [0.25, 0.3) is 0 Å². The Morgan fingerprint density at radius 1 is 1.54 bits per heavy atom. The lowest BCUT2D eigenvalue weighted by Gasteiger charge is -2.05. The molecule has 4 heteroatoms. The molecule has 0 saturated carbocycles. The first-order valence-electron chi connectivity index (χ1n) is 4.21. The molecule has 2 nitrogen and oxygen atoms in total. The van der Waals surface area contributed by atoms with Crippen molar-refractivity contribution in [2.45, 2.75) is 32.6 Å². The van der Waals surface area contributed by atoms with E-state index in [1.807, 2.05) is 6.92 Å². The number of ether oxygens (including phenoxy) is 1. The Bertz CT molecular complexity index is 178. The molecular weight excluding hydrogens is 178 g/mol. The Morgan fingerprint density at radius 2 is 2.15 bits per heavy atom. The van der Waals surface area contributed by atoms with E-state index in [1.165, 1.54) is 0 Å². The Hall–Kier alpha value is -0.930. The zero-order chi connectivity index (χ0) is 10.3. The van der Waals surface area contributed by atoms with Gasteiger partial charge >= 0.3 is 5.97 Å². The van der Waals surface area contributed by atoms with E-state index in [-0.39, 0.29) is 12.2 Å². The Labute approximate surface area is 76.6 Å². The normalized spacial score (nSPS) is 10.2. The molecule has 0 rings (SSSR count).